The van der Waals surface area contributed by atoms with Crippen LogP contribution in [0.4, 0.5) is 5.13 Å². The number of esters is 1. The van der Waals surface area contributed by atoms with Crippen LogP contribution in [0.3, 0.4) is 0 Å². The normalized spacial score (nSPS) is 10.8. The molecule has 0 aliphatic heterocycles. The van der Waals surface area contributed by atoms with E-state index in [4.69, 9.17) is 9.47 Å². The maximum atomic E-state index is 11.2. The summed E-state index contributed by atoms with van der Waals surface area (Å²) in [5.41, 5.74) is 4.33. The van der Waals surface area contributed by atoms with E-state index < -0.39 is 0 Å². The van der Waals surface area contributed by atoms with Gasteiger partial charge in [0.25, 0.3) is 0 Å². The van der Waals surface area contributed by atoms with Gasteiger partial charge < -0.3 is 14.2 Å². The van der Waals surface area contributed by atoms with Crippen molar-refractivity contribution in [2.75, 3.05) is 25.7 Å². The number of methoxy groups -OCH3 is 1. The zero-order valence-electron chi connectivity index (χ0n) is 14.7. The van der Waals surface area contributed by atoms with Crippen molar-refractivity contribution in [1.82, 2.24) is 4.98 Å². The first-order chi connectivity index (χ1) is 12.6. The Morgan fingerprint density at radius 3 is 2.81 bits per heavy atom. The number of nitrogens with zero attached hydrogens (tertiary/aromatic N) is 2. The fourth-order valence-corrected chi connectivity index (χ4v) is 3.26. The maximum absolute atomic E-state index is 11.2. The van der Waals surface area contributed by atoms with E-state index in [1.165, 1.54) is 18.4 Å². The number of hydrogen-bond donors (Lipinski definition) is 1. The molecular weight excluding hydrogens is 422 g/mol. The van der Waals surface area contributed by atoms with Gasteiger partial charge in [-0.05, 0) is 47.5 Å². The molecule has 1 aromatic carbocycles. The molecule has 0 saturated carbocycles. The lowest BCUT2D eigenvalue weighted by atomic mass is 10.2. The molecule has 0 radical (unpaired) electrons. The monoisotopic (exact) mass is 441 g/mol. The molecule has 140 valence electrons. The molecule has 2 aromatic rings. The van der Waals surface area contributed by atoms with Crippen LogP contribution in [0.25, 0.3) is 0 Å². The zero-order chi connectivity index (χ0) is 18.9. The minimum atomic E-state index is -0.326. The number of nitrogens with one attached hydrogen (secondary N) is 1. The Morgan fingerprint density at radius 2 is 2.12 bits per heavy atom. The highest BCUT2D eigenvalue weighted by atomic mass is 79.9. The molecule has 26 heavy (non-hydrogen) atoms. The van der Waals surface area contributed by atoms with E-state index in [9.17, 15) is 4.79 Å². The smallest absolute Gasteiger partial charge is 0.311 e. The number of hydrogen-bond acceptors (Lipinski definition) is 8. The number of rotatable bonds is 9. The Labute approximate surface area is 164 Å². The summed E-state index contributed by atoms with van der Waals surface area (Å²) in [4.78, 5) is 15.5. The lowest BCUT2D eigenvalue weighted by Gasteiger charge is -2.13. The van der Waals surface area contributed by atoms with E-state index in [1.807, 2.05) is 26.0 Å². The number of anilines is 1. The van der Waals surface area contributed by atoms with Crippen molar-refractivity contribution in [3.8, 4) is 11.5 Å². The van der Waals surface area contributed by atoms with Gasteiger partial charge in [0.1, 0.15) is 0 Å². The van der Waals surface area contributed by atoms with Crippen molar-refractivity contribution >= 4 is 44.6 Å². The molecule has 0 aliphatic carbocycles. The molecule has 0 spiro atoms. The van der Waals surface area contributed by atoms with Gasteiger partial charge in [0.15, 0.2) is 11.5 Å². The van der Waals surface area contributed by atoms with E-state index in [0.29, 0.717) is 35.5 Å². The van der Waals surface area contributed by atoms with Crippen LogP contribution in [0.5, 0.6) is 11.5 Å². The van der Waals surface area contributed by atoms with Gasteiger partial charge in [-0.3, -0.25) is 10.2 Å². The number of thiazole rings is 1. The zero-order valence-corrected chi connectivity index (χ0v) is 17.1. The van der Waals surface area contributed by atoms with E-state index in [-0.39, 0.29) is 12.4 Å². The van der Waals surface area contributed by atoms with Crippen molar-refractivity contribution in [3.63, 3.8) is 0 Å². The van der Waals surface area contributed by atoms with Crippen molar-refractivity contribution in [3.05, 3.63) is 33.2 Å². The minimum Gasteiger partial charge on any atom is -0.490 e. The summed E-state index contributed by atoms with van der Waals surface area (Å²) in [7, 11) is 1.35. The molecule has 1 aromatic heterocycles. The van der Waals surface area contributed by atoms with E-state index >= 15 is 0 Å². The summed E-state index contributed by atoms with van der Waals surface area (Å²) in [6.07, 6.45) is 1.80. The number of halogens is 1. The summed E-state index contributed by atoms with van der Waals surface area (Å²) in [6, 6.07) is 3.75. The quantitative estimate of drug-likeness (QED) is 0.361. The summed E-state index contributed by atoms with van der Waals surface area (Å²) < 4.78 is 16.7. The average Bonchev–Trinajstić information content (AvgIpc) is 3.05. The predicted octanol–water partition coefficient (Wildman–Crippen LogP) is 3.86. The predicted molar refractivity (Wildman–Crippen MR) is 106 cm³/mol. The first-order valence-corrected chi connectivity index (χ1v) is 9.64. The molecule has 0 aliphatic rings. The fraction of sp³-hybridized carbons (Fsp3) is 0.353. The molecule has 1 N–H and O–H groups in total. The SMILES string of the molecule is CCOc1cc(/C=N\Nc2nc(CC(=O)OC)cs2)cc(Br)c1OCC. The molecule has 7 nitrogen and oxygen atoms in total. The highest BCUT2D eigenvalue weighted by molar-refractivity contribution is 9.10. The average molecular weight is 442 g/mol. The topological polar surface area (TPSA) is 82.0 Å². The minimum absolute atomic E-state index is 0.141. The van der Waals surface area contributed by atoms with E-state index in [2.05, 4.69) is 36.2 Å². The highest BCUT2D eigenvalue weighted by Gasteiger charge is 2.11. The number of ether oxygens (including phenoxy) is 3. The van der Waals surface area contributed by atoms with Crippen molar-refractivity contribution in [1.29, 1.82) is 0 Å². The molecule has 9 heteroatoms. The number of hydrazone groups is 1. The van der Waals surface area contributed by atoms with Gasteiger partial charge in [0.05, 0.1) is 43.1 Å². The first kappa shape index (κ1) is 20.2. The van der Waals surface area contributed by atoms with Gasteiger partial charge in [-0.15, -0.1) is 11.3 Å². The summed E-state index contributed by atoms with van der Waals surface area (Å²) in [5, 5.41) is 6.56. The van der Waals surface area contributed by atoms with Gasteiger partial charge >= 0.3 is 5.97 Å². The van der Waals surface area contributed by atoms with E-state index in [1.54, 1.807) is 11.6 Å². The third-order valence-electron chi connectivity index (χ3n) is 3.10. The third kappa shape index (κ3) is 5.70. The van der Waals surface area contributed by atoms with Crippen molar-refractivity contribution < 1.29 is 19.0 Å². The fourth-order valence-electron chi connectivity index (χ4n) is 2.03. The van der Waals surface area contributed by atoms with Gasteiger partial charge in [-0.2, -0.15) is 5.10 Å². The highest BCUT2D eigenvalue weighted by Crippen LogP contribution is 2.36. The van der Waals surface area contributed by atoms with Crippen LogP contribution < -0.4 is 14.9 Å². The van der Waals surface area contributed by atoms with Crippen LogP contribution in [-0.4, -0.2) is 37.5 Å². The molecule has 2 rings (SSSR count). The van der Waals surface area contributed by atoms with Crippen molar-refractivity contribution in [2.24, 2.45) is 5.10 Å². The Bertz CT molecular complexity index is 779. The van der Waals surface area contributed by atoms with Crippen molar-refractivity contribution in [2.45, 2.75) is 20.3 Å². The van der Waals surface area contributed by atoms with Gasteiger partial charge in [0, 0.05) is 5.38 Å². The maximum Gasteiger partial charge on any atom is 0.311 e. The molecule has 0 atom stereocenters. The van der Waals surface area contributed by atoms with Crippen LogP contribution in [0.1, 0.15) is 25.1 Å². The number of carbonyl (C=O) groups is 1. The Hall–Kier alpha value is -2.13. The van der Waals surface area contributed by atoms with Crippen LogP contribution in [0.15, 0.2) is 27.1 Å². The summed E-state index contributed by atoms with van der Waals surface area (Å²) >= 11 is 4.86. The summed E-state index contributed by atoms with van der Waals surface area (Å²) in [6.45, 7) is 4.92. The number of aromatic nitrogens is 1. The first-order valence-electron chi connectivity index (χ1n) is 7.96. The Morgan fingerprint density at radius 1 is 1.35 bits per heavy atom. The largest absolute Gasteiger partial charge is 0.490 e. The van der Waals surface area contributed by atoms with Crippen LogP contribution in [0, 0.1) is 0 Å². The Kier molecular flexibility index (Phi) is 7.86. The molecule has 0 unspecified atom stereocenters. The molecule has 0 fully saturated rings. The molecule has 0 saturated heterocycles. The van der Waals surface area contributed by atoms with Gasteiger partial charge in [0.2, 0.25) is 5.13 Å². The third-order valence-corrected chi connectivity index (χ3v) is 4.48. The molecule has 0 bridgehead atoms. The van der Waals surface area contributed by atoms with Crippen LogP contribution in [0.2, 0.25) is 0 Å². The van der Waals surface area contributed by atoms with Crippen LogP contribution in [-0.2, 0) is 16.0 Å². The molecule has 1 heterocycles. The molecular formula is C17H20BrN3O4S. The molecule has 0 amide bonds. The van der Waals surface area contributed by atoms with E-state index in [0.717, 1.165) is 10.0 Å². The Balaban J connectivity index is 2.07. The lowest BCUT2D eigenvalue weighted by molar-refractivity contribution is -0.139. The summed E-state index contributed by atoms with van der Waals surface area (Å²) in [5.74, 6) is 1.000. The number of benzene rings is 1. The van der Waals surface area contributed by atoms with Gasteiger partial charge in [-0.25, -0.2) is 4.98 Å². The van der Waals surface area contributed by atoms with Crippen LogP contribution >= 0.6 is 27.3 Å². The number of carbonyl (C=O) groups excluding carboxylic acids is 1. The second-order valence-electron chi connectivity index (χ2n) is 4.96. The lowest BCUT2D eigenvalue weighted by Crippen LogP contribution is -2.04. The second-order valence-corrected chi connectivity index (χ2v) is 6.68. The standard InChI is InChI=1S/C17H20BrN3O4S/c1-4-24-14-7-11(6-13(18)16(14)25-5-2)9-19-21-17-20-12(10-26-17)8-15(22)23-3/h6-7,9-10H,4-5,8H2,1-3H3,(H,20,21)/b19-9-. The van der Waals surface area contributed by atoms with Gasteiger partial charge in [-0.1, -0.05) is 0 Å². The second kappa shape index (κ2) is 10.1.